The maximum Gasteiger partial charge on any atom is 1.00 e. The minimum atomic E-state index is 0. The number of nitrogens with two attached hydrogens (primary N) is 2. The van der Waals surface area contributed by atoms with Crippen LogP contribution in [0.4, 0.5) is 11.4 Å². The molecule has 0 bridgehead atoms. The van der Waals surface area contributed by atoms with Crippen molar-refractivity contribution >= 4 is 34.6 Å². The fraction of sp³-hybridized carbons (Fsp3) is 0.458. The van der Waals surface area contributed by atoms with E-state index in [9.17, 15) is 4.79 Å². The summed E-state index contributed by atoms with van der Waals surface area (Å²) in [6, 6.07) is 11.7. The molecule has 3 aliphatic heterocycles. The van der Waals surface area contributed by atoms with Crippen molar-refractivity contribution in [1.82, 2.24) is 10.6 Å². The summed E-state index contributed by atoms with van der Waals surface area (Å²) >= 11 is 0. The average Bonchev–Trinajstić information content (AvgIpc) is 3.18. The number of carbonyl (C=O) groups is 1. The monoisotopic (exact) mass is 448 g/mol. The van der Waals surface area contributed by atoms with Crippen molar-refractivity contribution in [1.29, 1.82) is 0 Å². The van der Waals surface area contributed by atoms with Gasteiger partial charge >= 0.3 is 18.9 Å². The van der Waals surface area contributed by atoms with Crippen molar-refractivity contribution < 1.29 is 29.8 Å². The fourth-order valence-electron chi connectivity index (χ4n) is 3.81. The van der Waals surface area contributed by atoms with E-state index in [1.807, 2.05) is 12.1 Å². The largest absolute Gasteiger partial charge is 1.00 e. The Morgan fingerprint density at radius 1 is 0.812 bits per heavy atom. The number of amides is 1. The van der Waals surface area contributed by atoms with Crippen LogP contribution in [0.3, 0.4) is 0 Å². The zero-order valence-electron chi connectivity index (χ0n) is 19.7. The number of aryl methyl sites for hydroxylation is 2. The summed E-state index contributed by atoms with van der Waals surface area (Å²) in [7, 11) is 0. The third-order valence-corrected chi connectivity index (χ3v) is 5.46. The molecule has 32 heavy (non-hydrogen) atoms. The van der Waals surface area contributed by atoms with Crippen molar-refractivity contribution in [2.45, 2.75) is 45.1 Å². The predicted octanol–water partition coefficient (Wildman–Crippen LogP) is -1.02. The second-order valence-electron chi connectivity index (χ2n) is 7.90. The molecule has 1 fully saturated rings. The van der Waals surface area contributed by atoms with E-state index in [0.29, 0.717) is 0 Å². The second kappa shape index (κ2) is 15.4. The van der Waals surface area contributed by atoms with Gasteiger partial charge in [0.2, 0.25) is 0 Å². The number of ether oxygens (including phenoxy) is 1. The molecular weight excluding hydrogens is 410 g/mol. The summed E-state index contributed by atoms with van der Waals surface area (Å²) in [6.07, 6.45) is 6.85. The van der Waals surface area contributed by atoms with Gasteiger partial charge in [-0.15, -0.1) is 0 Å². The number of rotatable bonds is 0. The van der Waals surface area contributed by atoms with Crippen molar-refractivity contribution in [3.05, 3.63) is 58.7 Å². The van der Waals surface area contributed by atoms with Gasteiger partial charge in [-0.2, -0.15) is 0 Å². The SMILES string of the molecule is C1CCOC1.Nc1ccc2c(c1)CCCNC2.Nc1ccc2c(c1)CCCNC2=O.[AlH3].[H-].[Li+]. The van der Waals surface area contributed by atoms with E-state index in [0.717, 1.165) is 74.6 Å². The fourth-order valence-corrected chi connectivity index (χ4v) is 3.81. The number of fused-ring (bicyclic) bond motifs is 2. The first-order valence-electron chi connectivity index (χ1n) is 11.0. The molecule has 8 heteroatoms. The van der Waals surface area contributed by atoms with E-state index < -0.39 is 0 Å². The van der Waals surface area contributed by atoms with Crippen molar-refractivity contribution in [2.24, 2.45) is 0 Å². The summed E-state index contributed by atoms with van der Waals surface area (Å²) in [5.74, 6) is 0.0208. The summed E-state index contributed by atoms with van der Waals surface area (Å²) in [6.45, 7) is 4.87. The Kier molecular flexibility index (Phi) is 13.8. The van der Waals surface area contributed by atoms with Crippen LogP contribution >= 0.6 is 0 Å². The van der Waals surface area contributed by atoms with E-state index >= 15 is 0 Å². The Morgan fingerprint density at radius 2 is 1.44 bits per heavy atom. The third-order valence-electron chi connectivity index (χ3n) is 5.46. The molecule has 0 atom stereocenters. The molecule has 0 unspecified atom stereocenters. The first-order valence-corrected chi connectivity index (χ1v) is 11.0. The van der Waals surface area contributed by atoms with Crippen LogP contribution in [0, 0.1) is 0 Å². The van der Waals surface area contributed by atoms with Crippen LogP contribution in [0.25, 0.3) is 0 Å². The minimum absolute atomic E-state index is 0. The van der Waals surface area contributed by atoms with Crippen LogP contribution in [0.1, 0.15) is 54.2 Å². The normalized spacial score (nSPS) is 16.4. The van der Waals surface area contributed by atoms with Gasteiger partial charge in [0.15, 0.2) is 17.4 Å². The number of anilines is 2. The molecule has 0 saturated carbocycles. The van der Waals surface area contributed by atoms with Gasteiger partial charge in [0, 0.05) is 43.2 Å². The smallest absolute Gasteiger partial charge is 1.00 e. The number of carbonyl (C=O) groups excluding carboxylic acids is 1. The molecular formula is C24H38AlLiN4O2. The molecule has 5 rings (SSSR count). The van der Waals surface area contributed by atoms with Crippen LogP contribution < -0.4 is 41.0 Å². The van der Waals surface area contributed by atoms with E-state index in [1.54, 1.807) is 12.1 Å². The first kappa shape index (κ1) is 28.6. The van der Waals surface area contributed by atoms with E-state index in [-0.39, 0.29) is 43.6 Å². The number of nitrogen functional groups attached to an aromatic ring is 2. The Balaban J connectivity index is 0.000000479. The Morgan fingerprint density at radius 3 is 2.12 bits per heavy atom. The van der Waals surface area contributed by atoms with Gasteiger partial charge in [-0.3, -0.25) is 4.79 Å². The molecule has 2 aromatic rings. The maximum absolute atomic E-state index is 11.5. The van der Waals surface area contributed by atoms with Crippen molar-refractivity contribution in [3.8, 4) is 0 Å². The van der Waals surface area contributed by atoms with Gasteiger partial charge < -0.3 is 28.3 Å². The van der Waals surface area contributed by atoms with Crippen LogP contribution in [0.15, 0.2) is 36.4 Å². The molecule has 1 amide bonds. The quantitative estimate of drug-likeness (QED) is 0.305. The van der Waals surface area contributed by atoms with Crippen molar-refractivity contribution in [3.63, 3.8) is 0 Å². The van der Waals surface area contributed by atoms with Crippen LogP contribution in [-0.2, 0) is 24.1 Å². The summed E-state index contributed by atoms with van der Waals surface area (Å²) < 4.78 is 4.94. The molecule has 0 radical (unpaired) electrons. The Bertz CT molecular complexity index is 846. The molecule has 2 aromatic carbocycles. The molecule has 3 heterocycles. The van der Waals surface area contributed by atoms with Crippen LogP contribution in [-0.4, -0.2) is 49.6 Å². The van der Waals surface area contributed by atoms with Crippen LogP contribution in [0.5, 0.6) is 0 Å². The molecule has 0 aromatic heterocycles. The van der Waals surface area contributed by atoms with Gasteiger partial charge in [0.1, 0.15) is 0 Å². The molecule has 6 nitrogen and oxygen atoms in total. The zero-order chi connectivity index (χ0) is 21.2. The molecule has 3 aliphatic rings. The predicted molar refractivity (Wildman–Crippen MR) is 133 cm³/mol. The minimum Gasteiger partial charge on any atom is -1.00 e. The standard InChI is InChI=1S/C10H12N2O.C10H14N2.C4H8O.Al.Li.4H/c11-8-3-4-9-7(6-8)2-1-5-12-10(9)13;11-10-4-3-9-7-12-5-1-2-8(9)6-10;1-2-4-5-3-1;;;;;;/h3-4,6H,1-2,5,11H2,(H,12,13);3-4,6,12H,1-2,5,7,11H2;1-4H2;;;;;;/q;;;;+1;;;;-1. The van der Waals surface area contributed by atoms with Gasteiger partial charge in [0.25, 0.3) is 5.91 Å². The third kappa shape index (κ3) is 9.20. The van der Waals surface area contributed by atoms with E-state index in [4.69, 9.17) is 16.2 Å². The molecule has 6 N–H and O–H groups in total. The molecule has 1 saturated heterocycles. The van der Waals surface area contributed by atoms with E-state index in [2.05, 4.69) is 22.8 Å². The van der Waals surface area contributed by atoms with Gasteiger partial charge in [-0.1, -0.05) is 6.07 Å². The number of benzene rings is 2. The second-order valence-corrected chi connectivity index (χ2v) is 7.90. The molecule has 0 spiro atoms. The zero-order valence-corrected chi connectivity index (χ0v) is 18.7. The van der Waals surface area contributed by atoms with E-state index in [1.165, 1.54) is 30.4 Å². The van der Waals surface area contributed by atoms with Crippen molar-refractivity contribution in [2.75, 3.05) is 37.8 Å². The number of hydrogen-bond acceptors (Lipinski definition) is 5. The molecule has 170 valence electrons. The first-order chi connectivity index (χ1) is 14.6. The number of nitrogens with one attached hydrogen (secondary N) is 2. The summed E-state index contributed by atoms with van der Waals surface area (Å²) in [4.78, 5) is 11.5. The number of hydrogen-bond donors (Lipinski definition) is 4. The Hall–Kier alpha value is -1.44. The topological polar surface area (TPSA) is 102 Å². The summed E-state index contributed by atoms with van der Waals surface area (Å²) in [5.41, 5.74) is 17.6. The average molecular weight is 449 g/mol. The molecule has 0 aliphatic carbocycles. The van der Waals surface area contributed by atoms with Crippen LogP contribution in [0.2, 0.25) is 0 Å². The maximum atomic E-state index is 11.5. The van der Waals surface area contributed by atoms with Gasteiger partial charge in [0.05, 0.1) is 0 Å². The van der Waals surface area contributed by atoms with Gasteiger partial charge in [-0.25, -0.2) is 0 Å². The summed E-state index contributed by atoms with van der Waals surface area (Å²) in [5, 5.41) is 6.22. The van der Waals surface area contributed by atoms with Gasteiger partial charge in [-0.05, 0) is 92.1 Å². The Labute approximate surface area is 216 Å².